The predicted octanol–water partition coefficient (Wildman–Crippen LogP) is 3.29. The van der Waals surface area contributed by atoms with E-state index in [2.05, 4.69) is 34.2 Å². The van der Waals surface area contributed by atoms with Crippen molar-refractivity contribution in [1.29, 1.82) is 0 Å². The molecule has 0 aliphatic carbocycles. The van der Waals surface area contributed by atoms with E-state index in [0.717, 1.165) is 68.7 Å². The Hall–Kier alpha value is -2.28. The van der Waals surface area contributed by atoms with E-state index in [0.29, 0.717) is 18.4 Å². The van der Waals surface area contributed by atoms with Crippen LogP contribution in [0.4, 0.5) is 6.01 Å². The van der Waals surface area contributed by atoms with Gasteiger partial charge in [-0.3, -0.25) is 4.79 Å². The van der Waals surface area contributed by atoms with Crippen LogP contribution in [0.1, 0.15) is 38.5 Å². The predicted molar refractivity (Wildman–Crippen MR) is 116 cm³/mol. The van der Waals surface area contributed by atoms with Crippen LogP contribution in [0.3, 0.4) is 0 Å². The number of benzene rings is 1. The zero-order chi connectivity index (χ0) is 20.6. The fraction of sp³-hybridized carbons (Fsp3) is 0.636. The molecule has 1 unspecified atom stereocenters. The van der Waals surface area contributed by atoms with Crippen molar-refractivity contribution in [2.45, 2.75) is 38.5 Å². The smallest absolute Gasteiger partial charge is 0.298 e. The summed E-state index contributed by atoms with van der Waals surface area (Å²) in [7, 11) is 5.83. The summed E-state index contributed by atoms with van der Waals surface area (Å²) in [5.74, 6) is 1.26. The molecule has 0 saturated carbocycles. The van der Waals surface area contributed by atoms with Crippen LogP contribution < -0.4 is 15.0 Å². The molecule has 1 aliphatic heterocycles. The third kappa shape index (κ3) is 6.35. The number of hydrogen-bond donors (Lipinski definition) is 1. The van der Waals surface area contributed by atoms with Crippen LogP contribution in [0.15, 0.2) is 22.6 Å². The number of anilines is 1. The molecule has 0 bridgehead atoms. The van der Waals surface area contributed by atoms with Gasteiger partial charge in [0, 0.05) is 32.1 Å². The summed E-state index contributed by atoms with van der Waals surface area (Å²) in [5.41, 5.74) is 1.56. The first-order chi connectivity index (χ1) is 14.0. The number of methoxy groups -OCH3 is 1. The van der Waals surface area contributed by atoms with Crippen molar-refractivity contribution in [2.75, 3.05) is 52.3 Å². The lowest BCUT2D eigenvalue weighted by Crippen LogP contribution is -2.38. The molecule has 0 spiro atoms. The minimum absolute atomic E-state index is 0.159. The summed E-state index contributed by atoms with van der Waals surface area (Å²) in [6.07, 6.45) is 6.06. The van der Waals surface area contributed by atoms with Gasteiger partial charge in [0.1, 0.15) is 11.3 Å². The number of ether oxygens (including phenoxy) is 1. The van der Waals surface area contributed by atoms with E-state index < -0.39 is 0 Å². The van der Waals surface area contributed by atoms with E-state index in [1.807, 2.05) is 18.2 Å². The van der Waals surface area contributed by atoms with Crippen LogP contribution in [0.5, 0.6) is 5.75 Å². The van der Waals surface area contributed by atoms with E-state index >= 15 is 0 Å². The van der Waals surface area contributed by atoms with Crippen LogP contribution in [0, 0.1) is 5.92 Å². The van der Waals surface area contributed by atoms with Gasteiger partial charge in [-0.25, -0.2) is 0 Å². The molecule has 29 heavy (non-hydrogen) atoms. The monoisotopic (exact) mass is 402 g/mol. The van der Waals surface area contributed by atoms with Gasteiger partial charge in [-0.15, -0.1) is 0 Å². The summed E-state index contributed by atoms with van der Waals surface area (Å²) >= 11 is 0. The molecule has 1 aliphatic rings. The highest BCUT2D eigenvalue weighted by Crippen LogP contribution is 2.29. The molecule has 1 fully saturated rings. The molecule has 1 aromatic carbocycles. The van der Waals surface area contributed by atoms with Gasteiger partial charge in [-0.1, -0.05) is 6.42 Å². The summed E-state index contributed by atoms with van der Waals surface area (Å²) < 4.78 is 11.2. The van der Waals surface area contributed by atoms with Crippen molar-refractivity contribution in [2.24, 2.45) is 5.92 Å². The minimum atomic E-state index is 0.159. The van der Waals surface area contributed by atoms with Gasteiger partial charge in [0.05, 0.1) is 7.11 Å². The number of unbranched alkanes of at least 4 members (excludes halogenated alkanes) is 2. The maximum absolute atomic E-state index is 12.3. The first kappa shape index (κ1) is 21.4. The van der Waals surface area contributed by atoms with Gasteiger partial charge in [-0.2, -0.15) is 4.98 Å². The molecule has 0 radical (unpaired) electrons. The third-order valence-electron chi connectivity index (χ3n) is 5.45. The van der Waals surface area contributed by atoms with E-state index in [4.69, 9.17) is 9.15 Å². The second-order valence-electron chi connectivity index (χ2n) is 8.20. The van der Waals surface area contributed by atoms with Gasteiger partial charge >= 0.3 is 0 Å². The standard InChI is InChI=1S/C22H34N4O3/c1-25(2)12-6-4-5-11-23-21(27)14-17-8-7-13-26(16-17)22-24-19-15-18(28-3)9-10-20(19)29-22/h9-10,15,17H,4-8,11-14,16H2,1-3H3,(H,23,27). The molecule has 160 valence electrons. The maximum Gasteiger partial charge on any atom is 0.298 e. The molecule has 1 atom stereocenters. The molecular weight excluding hydrogens is 368 g/mol. The summed E-state index contributed by atoms with van der Waals surface area (Å²) in [6.45, 7) is 3.60. The van der Waals surface area contributed by atoms with Crippen molar-refractivity contribution < 1.29 is 13.9 Å². The highest BCUT2D eigenvalue weighted by Gasteiger charge is 2.25. The molecule has 3 rings (SSSR count). The molecule has 7 nitrogen and oxygen atoms in total. The summed E-state index contributed by atoms with van der Waals surface area (Å²) in [4.78, 5) is 21.3. The Balaban J connectivity index is 1.45. The Kier molecular flexibility index (Phi) is 7.75. The molecular formula is C22H34N4O3. The Morgan fingerprint density at radius 1 is 1.34 bits per heavy atom. The third-order valence-corrected chi connectivity index (χ3v) is 5.45. The molecule has 2 heterocycles. The van der Waals surface area contributed by atoms with Crippen molar-refractivity contribution in [1.82, 2.24) is 15.2 Å². The fourth-order valence-corrected chi connectivity index (χ4v) is 3.85. The van der Waals surface area contributed by atoms with Crippen LogP contribution >= 0.6 is 0 Å². The minimum Gasteiger partial charge on any atom is -0.497 e. The van der Waals surface area contributed by atoms with Crippen LogP contribution in [0.2, 0.25) is 0 Å². The quantitative estimate of drug-likeness (QED) is 0.615. The average Bonchev–Trinajstić information content (AvgIpc) is 3.14. The molecule has 7 heteroatoms. The number of amides is 1. The number of carbonyl (C=O) groups excluding carboxylic acids is 1. The summed E-state index contributed by atoms with van der Waals surface area (Å²) in [6, 6.07) is 6.29. The van der Waals surface area contributed by atoms with Gasteiger partial charge in [0.2, 0.25) is 5.91 Å². The Bertz CT molecular complexity index is 789. The Morgan fingerprint density at radius 3 is 3.00 bits per heavy atom. The molecule has 1 saturated heterocycles. The lowest BCUT2D eigenvalue weighted by molar-refractivity contribution is -0.122. The number of nitrogens with zero attached hydrogens (tertiary/aromatic N) is 3. The first-order valence-electron chi connectivity index (χ1n) is 10.7. The van der Waals surface area contributed by atoms with Gasteiger partial charge in [-0.05, 0) is 64.4 Å². The number of fused-ring (bicyclic) bond motifs is 1. The normalized spacial score (nSPS) is 17.1. The number of hydrogen-bond acceptors (Lipinski definition) is 6. The number of rotatable bonds is 10. The number of carbonyl (C=O) groups is 1. The van der Waals surface area contributed by atoms with E-state index in [9.17, 15) is 4.79 Å². The van der Waals surface area contributed by atoms with Gasteiger partial charge in [0.15, 0.2) is 5.58 Å². The molecule has 1 N–H and O–H groups in total. The van der Waals surface area contributed by atoms with Gasteiger partial charge < -0.3 is 24.3 Å². The second-order valence-corrected chi connectivity index (χ2v) is 8.20. The van der Waals surface area contributed by atoms with Crippen LogP contribution in [-0.4, -0.2) is 63.2 Å². The number of oxazole rings is 1. The maximum atomic E-state index is 12.3. The van der Waals surface area contributed by atoms with Crippen molar-refractivity contribution >= 4 is 23.0 Å². The highest BCUT2D eigenvalue weighted by molar-refractivity contribution is 5.77. The molecule has 1 aromatic heterocycles. The number of aromatic nitrogens is 1. The molecule has 2 aromatic rings. The average molecular weight is 403 g/mol. The van der Waals surface area contributed by atoms with Crippen molar-refractivity contribution in [3.63, 3.8) is 0 Å². The lowest BCUT2D eigenvalue weighted by atomic mass is 9.94. The fourth-order valence-electron chi connectivity index (χ4n) is 3.85. The number of piperidine rings is 1. The largest absolute Gasteiger partial charge is 0.497 e. The molecule has 1 amide bonds. The second kappa shape index (κ2) is 10.5. The highest BCUT2D eigenvalue weighted by atomic mass is 16.5. The van der Waals surface area contributed by atoms with E-state index in [1.165, 1.54) is 6.42 Å². The first-order valence-corrected chi connectivity index (χ1v) is 10.7. The zero-order valence-corrected chi connectivity index (χ0v) is 17.9. The van der Waals surface area contributed by atoms with Crippen LogP contribution in [-0.2, 0) is 4.79 Å². The SMILES string of the molecule is COc1ccc2oc(N3CCCC(CC(=O)NCCCCCN(C)C)C3)nc2c1. The topological polar surface area (TPSA) is 70.8 Å². The summed E-state index contributed by atoms with van der Waals surface area (Å²) in [5, 5.41) is 3.08. The van der Waals surface area contributed by atoms with E-state index in [-0.39, 0.29) is 5.91 Å². The number of nitrogens with one attached hydrogen (secondary N) is 1. The zero-order valence-electron chi connectivity index (χ0n) is 17.9. The Labute approximate surface area is 173 Å². The van der Waals surface area contributed by atoms with E-state index in [1.54, 1.807) is 7.11 Å². The van der Waals surface area contributed by atoms with Crippen LogP contribution in [0.25, 0.3) is 11.1 Å². The van der Waals surface area contributed by atoms with Gasteiger partial charge in [0.25, 0.3) is 6.01 Å². The Morgan fingerprint density at radius 2 is 2.21 bits per heavy atom. The van der Waals surface area contributed by atoms with Crippen molar-refractivity contribution in [3.8, 4) is 5.75 Å². The van der Waals surface area contributed by atoms with Crippen molar-refractivity contribution in [3.05, 3.63) is 18.2 Å². The lowest BCUT2D eigenvalue weighted by Gasteiger charge is -2.31.